The minimum atomic E-state index is -0.423. The highest BCUT2D eigenvalue weighted by Gasteiger charge is 2.09. The largest absolute Gasteiger partial charge is 0.493 e. The summed E-state index contributed by atoms with van der Waals surface area (Å²) < 4.78 is 16.5. The van der Waals surface area contributed by atoms with Crippen LogP contribution in [-0.4, -0.2) is 30.9 Å². The molecule has 0 N–H and O–H groups in total. The minimum absolute atomic E-state index is 0.0368. The molecule has 0 spiro atoms. The second kappa shape index (κ2) is 7.94. The topological polar surface area (TPSA) is 83.7 Å². The molecule has 0 unspecified atom stereocenters. The lowest BCUT2D eigenvalue weighted by molar-refractivity contribution is -0.384. The molecule has 26 heavy (non-hydrogen) atoms. The van der Waals surface area contributed by atoms with Crippen molar-refractivity contribution < 1.29 is 19.1 Å². The normalized spacial score (nSPS) is 11.2. The Kier molecular flexibility index (Phi) is 5.45. The monoisotopic (exact) mass is 372 g/mol. The predicted molar refractivity (Wildman–Crippen MR) is 101 cm³/mol. The summed E-state index contributed by atoms with van der Waals surface area (Å²) >= 11 is 1.47. The van der Waals surface area contributed by atoms with E-state index in [0.717, 1.165) is 15.3 Å². The molecule has 0 fully saturated rings. The summed E-state index contributed by atoms with van der Waals surface area (Å²) in [6.07, 6.45) is 3.76. The second-order valence-electron chi connectivity index (χ2n) is 5.26. The van der Waals surface area contributed by atoms with Crippen molar-refractivity contribution in [3.05, 3.63) is 57.1 Å². The van der Waals surface area contributed by atoms with E-state index in [2.05, 4.69) is 4.98 Å². The van der Waals surface area contributed by atoms with E-state index in [9.17, 15) is 10.1 Å². The van der Waals surface area contributed by atoms with Crippen molar-refractivity contribution in [3.63, 3.8) is 0 Å². The van der Waals surface area contributed by atoms with Crippen LogP contribution in [0.2, 0.25) is 0 Å². The molecule has 0 bridgehead atoms. The lowest BCUT2D eigenvalue weighted by atomic mass is 10.2. The van der Waals surface area contributed by atoms with Crippen LogP contribution < -0.4 is 9.47 Å². The summed E-state index contributed by atoms with van der Waals surface area (Å²) in [6.45, 7) is 0.142. The van der Waals surface area contributed by atoms with Gasteiger partial charge in [-0.05, 0) is 29.8 Å². The first-order valence-corrected chi connectivity index (χ1v) is 8.45. The number of hydrogen-bond acceptors (Lipinski definition) is 7. The van der Waals surface area contributed by atoms with Crippen molar-refractivity contribution in [2.45, 2.75) is 0 Å². The molecule has 0 saturated carbocycles. The first-order chi connectivity index (χ1) is 12.6. The smallest absolute Gasteiger partial charge is 0.271 e. The van der Waals surface area contributed by atoms with Crippen molar-refractivity contribution in [1.82, 2.24) is 4.98 Å². The Hall–Kier alpha value is -2.97. The van der Waals surface area contributed by atoms with Crippen LogP contribution in [-0.2, 0) is 4.74 Å². The highest BCUT2D eigenvalue weighted by molar-refractivity contribution is 7.19. The van der Waals surface area contributed by atoms with Gasteiger partial charge in [-0.1, -0.05) is 12.1 Å². The standard InChI is InChI=1S/C18H16N2O5S/c1-23-11-25-15-6-3-12(9-16(15)24-2)4-8-18-19-14-10-13(20(21)22)5-7-17(14)26-18/h3-10H,11H2,1-2H3. The molecule has 0 amide bonds. The highest BCUT2D eigenvalue weighted by atomic mass is 32.1. The fourth-order valence-electron chi connectivity index (χ4n) is 2.32. The van der Waals surface area contributed by atoms with Crippen molar-refractivity contribution in [1.29, 1.82) is 0 Å². The van der Waals surface area contributed by atoms with Gasteiger partial charge in [-0.2, -0.15) is 0 Å². The quantitative estimate of drug-likeness (QED) is 0.348. The van der Waals surface area contributed by atoms with Gasteiger partial charge in [0.2, 0.25) is 0 Å². The number of aromatic nitrogens is 1. The van der Waals surface area contributed by atoms with Crippen LogP contribution in [0.3, 0.4) is 0 Å². The van der Waals surface area contributed by atoms with Crippen LogP contribution in [0.15, 0.2) is 36.4 Å². The molecule has 0 saturated heterocycles. The van der Waals surface area contributed by atoms with Gasteiger partial charge in [0.25, 0.3) is 5.69 Å². The molecule has 3 aromatic rings. The van der Waals surface area contributed by atoms with E-state index in [-0.39, 0.29) is 12.5 Å². The molecule has 2 aromatic carbocycles. The van der Waals surface area contributed by atoms with Crippen LogP contribution in [0, 0.1) is 10.1 Å². The molecule has 1 aromatic heterocycles. The van der Waals surface area contributed by atoms with Crippen LogP contribution in [0.4, 0.5) is 5.69 Å². The fourth-order valence-corrected chi connectivity index (χ4v) is 3.17. The Labute approximate surface area is 153 Å². The zero-order chi connectivity index (χ0) is 18.5. The molecular formula is C18H16N2O5S. The molecule has 0 atom stereocenters. The third-order valence-electron chi connectivity index (χ3n) is 3.54. The SMILES string of the molecule is COCOc1ccc(C=Cc2nc3cc([N+](=O)[O-])ccc3s2)cc1OC. The van der Waals surface area contributed by atoms with E-state index >= 15 is 0 Å². The third-order valence-corrected chi connectivity index (χ3v) is 4.54. The number of fused-ring (bicyclic) bond motifs is 1. The number of rotatable bonds is 7. The molecule has 3 rings (SSSR count). The van der Waals surface area contributed by atoms with Crippen molar-refractivity contribution in [2.24, 2.45) is 0 Å². The predicted octanol–water partition coefficient (Wildman–Crippen LogP) is 4.37. The summed E-state index contributed by atoms with van der Waals surface area (Å²) in [4.78, 5) is 14.9. The van der Waals surface area contributed by atoms with Crippen LogP contribution >= 0.6 is 11.3 Å². The maximum Gasteiger partial charge on any atom is 0.271 e. The first kappa shape index (κ1) is 17.8. The van der Waals surface area contributed by atoms with Gasteiger partial charge < -0.3 is 14.2 Å². The molecule has 0 aliphatic heterocycles. The number of nitro benzene ring substituents is 1. The van der Waals surface area contributed by atoms with Gasteiger partial charge in [-0.25, -0.2) is 4.98 Å². The third kappa shape index (κ3) is 3.98. The summed E-state index contributed by atoms with van der Waals surface area (Å²) in [5.41, 5.74) is 1.57. The number of methoxy groups -OCH3 is 2. The number of thiazole rings is 1. The Morgan fingerprint density at radius 2 is 2.00 bits per heavy atom. The van der Waals surface area contributed by atoms with E-state index in [1.807, 2.05) is 24.3 Å². The van der Waals surface area contributed by atoms with Gasteiger partial charge in [0.15, 0.2) is 18.3 Å². The minimum Gasteiger partial charge on any atom is -0.493 e. The summed E-state index contributed by atoms with van der Waals surface area (Å²) in [5, 5.41) is 11.6. The number of nitrogens with zero attached hydrogens (tertiary/aromatic N) is 2. The Morgan fingerprint density at radius 1 is 1.15 bits per heavy atom. The zero-order valence-electron chi connectivity index (χ0n) is 14.2. The van der Waals surface area contributed by atoms with Crippen LogP contribution in [0.25, 0.3) is 22.4 Å². The van der Waals surface area contributed by atoms with E-state index < -0.39 is 4.92 Å². The highest BCUT2D eigenvalue weighted by Crippen LogP contribution is 2.30. The van der Waals surface area contributed by atoms with E-state index in [4.69, 9.17) is 14.2 Å². The zero-order valence-corrected chi connectivity index (χ0v) is 15.0. The van der Waals surface area contributed by atoms with Gasteiger partial charge in [-0.15, -0.1) is 11.3 Å². The van der Waals surface area contributed by atoms with Crippen LogP contribution in [0.5, 0.6) is 11.5 Å². The van der Waals surface area contributed by atoms with Crippen LogP contribution in [0.1, 0.15) is 10.6 Å². The number of nitro groups is 1. The lowest BCUT2D eigenvalue weighted by Gasteiger charge is -2.10. The summed E-state index contributed by atoms with van der Waals surface area (Å²) in [5.74, 6) is 1.20. The number of benzene rings is 2. The molecular weight excluding hydrogens is 356 g/mol. The van der Waals surface area contributed by atoms with Gasteiger partial charge in [0.1, 0.15) is 5.01 Å². The molecule has 0 radical (unpaired) electrons. The molecule has 134 valence electrons. The Balaban J connectivity index is 1.82. The molecule has 7 nitrogen and oxygen atoms in total. The average molecular weight is 372 g/mol. The molecule has 1 heterocycles. The average Bonchev–Trinajstić information content (AvgIpc) is 3.06. The van der Waals surface area contributed by atoms with Crippen molar-refractivity contribution in [2.75, 3.05) is 21.0 Å². The Morgan fingerprint density at radius 3 is 2.73 bits per heavy atom. The number of hydrogen-bond donors (Lipinski definition) is 0. The van der Waals surface area contributed by atoms with Crippen molar-refractivity contribution in [3.8, 4) is 11.5 Å². The molecule has 0 aliphatic carbocycles. The Bertz CT molecular complexity index is 967. The van der Waals surface area contributed by atoms with Gasteiger partial charge in [-0.3, -0.25) is 10.1 Å². The fraction of sp³-hybridized carbons (Fsp3) is 0.167. The molecule has 8 heteroatoms. The van der Waals surface area contributed by atoms with Gasteiger partial charge >= 0.3 is 0 Å². The lowest BCUT2D eigenvalue weighted by Crippen LogP contribution is -2.00. The number of ether oxygens (including phenoxy) is 3. The number of non-ortho nitro benzene ring substituents is 1. The summed E-state index contributed by atoms with van der Waals surface area (Å²) in [6, 6.07) is 10.2. The van der Waals surface area contributed by atoms with Gasteiger partial charge in [0, 0.05) is 19.2 Å². The van der Waals surface area contributed by atoms with E-state index in [1.54, 1.807) is 26.4 Å². The van der Waals surface area contributed by atoms with Gasteiger partial charge in [0.05, 0.1) is 22.2 Å². The second-order valence-corrected chi connectivity index (χ2v) is 6.32. The summed E-state index contributed by atoms with van der Waals surface area (Å²) in [7, 11) is 3.12. The van der Waals surface area contributed by atoms with E-state index in [1.165, 1.54) is 23.5 Å². The van der Waals surface area contributed by atoms with E-state index in [0.29, 0.717) is 17.0 Å². The molecule has 0 aliphatic rings. The first-order valence-electron chi connectivity index (χ1n) is 7.63. The van der Waals surface area contributed by atoms with Crippen molar-refractivity contribution >= 4 is 39.4 Å². The maximum absolute atomic E-state index is 10.9. The maximum atomic E-state index is 10.9.